The first-order valence-electron chi connectivity index (χ1n) is 10.4. The SMILES string of the molecule is Cc1[nH]c(=O)c(CN2CCc3c(Cl)cc(C(C)C4COC4)c(Cl)c3C2=O)c2[nH]ccc12. The maximum absolute atomic E-state index is 13.5. The van der Waals surface area contributed by atoms with Crippen LogP contribution in [0.1, 0.15) is 45.6 Å². The summed E-state index contributed by atoms with van der Waals surface area (Å²) in [5.41, 5.74) is 4.05. The normalized spacial score (nSPS) is 17.7. The monoisotopic (exact) mass is 459 g/mol. The molecular weight excluding hydrogens is 437 g/mol. The van der Waals surface area contributed by atoms with Crippen LogP contribution in [0.15, 0.2) is 23.1 Å². The van der Waals surface area contributed by atoms with Gasteiger partial charge in [-0.15, -0.1) is 0 Å². The first-order chi connectivity index (χ1) is 14.9. The molecule has 4 heterocycles. The number of carbonyl (C=O) groups is 1. The number of benzene rings is 1. The van der Waals surface area contributed by atoms with E-state index in [0.717, 1.165) is 27.7 Å². The number of rotatable bonds is 4. The van der Waals surface area contributed by atoms with Crippen molar-refractivity contribution < 1.29 is 9.53 Å². The highest BCUT2D eigenvalue weighted by Crippen LogP contribution is 2.41. The third kappa shape index (κ3) is 3.28. The third-order valence-corrected chi connectivity index (χ3v) is 7.46. The highest BCUT2D eigenvalue weighted by molar-refractivity contribution is 6.37. The van der Waals surface area contributed by atoms with E-state index < -0.39 is 0 Å². The molecule has 0 saturated carbocycles. The van der Waals surface area contributed by atoms with E-state index in [1.54, 1.807) is 11.1 Å². The highest BCUT2D eigenvalue weighted by atomic mass is 35.5. The summed E-state index contributed by atoms with van der Waals surface area (Å²) in [5.74, 6) is 0.325. The lowest BCUT2D eigenvalue weighted by Crippen LogP contribution is -2.39. The van der Waals surface area contributed by atoms with Gasteiger partial charge in [0.25, 0.3) is 11.5 Å². The molecule has 31 heavy (non-hydrogen) atoms. The zero-order chi connectivity index (χ0) is 21.9. The average molecular weight is 460 g/mol. The summed E-state index contributed by atoms with van der Waals surface area (Å²) >= 11 is 13.4. The number of ether oxygens (including phenoxy) is 1. The fraction of sp³-hybridized carbons (Fsp3) is 0.391. The van der Waals surface area contributed by atoms with Gasteiger partial charge < -0.3 is 19.6 Å². The van der Waals surface area contributed by atoms with Crippen molar-refractivity contribution in [2.24, 2.45) is 5.92 Å². The van der Waals surface area contributed by atoms with E-state index in [1.165, 1.54) is 0 Å². The van der Waals surface area contributed by atoms with Crippen molar-refractivity contribution in [3.8, 4) is 0 Å². The molecule has 2 aliphatic heterocycles. The molecule has 0 bridgehead atoms. The number of hydrogen-bond donors (Lipinski definition) is 2. The van der Waals surface area contributed by atoms with Gasteiger partial charge in [-0.3, -0.25) is 9.59 Å². The number of aryl methyl sites for hydroxylation is 1. The summed E-state index contributed by atoms with van der Waals surface area (Å²) in [6.45, 7) is 6.01. The van der Waals surface area contributed by atoms with E-state index in [9.17, 15) is 9.59 Å². The van der Waals surface area contributed by atoms with Crippen molar-refractivity contribution in [2.75, 3.05) is 19.8 Å². The number of carbonyl (C=O) groups excluding carboxylic acids is 1. The lowest BCUT2D eigenvalue weighted by atomic mass is 9.84. The van der Waals surface area contributed by atoms with Crippen molar-refractivity contribution in [3.63, 3.8) is 0 Å². The van der Waals surface area contributed by atoms with E-state index in [4.69, 9.17) is 27.9 Å². The lowest BCUT2D eigenvalue weighted by Gasteiger charge is -2.34. The molecule has 1 amide bonds. The number of hydrogen-bond acceptors (Lipinski definition) is 3. The molecule has 3 aromatic rings. The molecule has 0 spiro atoms. The number of nitrogens with zero attached hydrogens (tertiary/aromatic N) is 1. The van der Waals surface area contributed by atoms with Crippen LogP contribution in [0.25, 0.3) is 10.9 Å². The van der Waals surface area contributed by atoms with E-state index >= 15 is 0 Å². The smallest absolute Gasteiger partial charge is 0.256 e. The van der Waals surface area contributed by atoms with E-state index in [-0.39, 0.29) is 23.9 Å². The van der Waals surface area contributed by atoms with Crippen LogP contribution in [0.5, 0.6) is 0 Å². The van der Waals surface area contributed by atoms with E-state index in [1.807, 2.05) is 19.1 Å². The molecule has 8 heteroatoms. The van der Waals surface area contributed by atoms with Crippen LogP contribution in [0.2, 0.25) is 10.0 Å². The molecule has 1 fully saturated rings. The molecule has 2 N–H and O–H groups in total. The van der Waals surface area contributed by atoms with Crippen molar-refractivity contribution in [1.29, 1.82) is 0 Å². The van der Waals surface area contributed by atoms with Crippen molar-refractivity contribution in [1.82, 2.24) is 14.9 Å². The number of pyridine rings is 1. The van der Waals surface area contributed by atoms with Gasteiger partial charge in [0.1, 0.15) is 0 Å². The van der Waals surface area contributed by atoms with Crippen LogP contribution in [0.3, 0.4) is 0 Å². The van der Waals surface area contributed by atoms with Gasteiger partial charge in [0.05, 0.1) is 41.4 Å². The summed E-state index contributed by atoms with van der Waals surface area (Å²) in [7, 11) is 0. The lowest BCUT2D eigenvalue weighted by molar-refractivity contribution is -0.0423. The Labute approximate surface area is 189 Å². The minimum absolute atomic E-state index is 0.144. The zero-order valence-electron chi connectivity index (χ0n) is 17.4. The average Bonchev–Trinajstić information content (AvgIpc) is 3.17. The highest BCUT2D eigenvalue weighted by Gasteiger charge is 2.34. The fourth-order valence-corrected chi connectivity index (χ4v) is 5.36. The Morgan fingerprint density at radius 3 is 2.77 bits per heavy atom. The predicted octanol–water partition coefficient (Wildman–Crippen LogP) is 4.42. The van der Waals surface area contributed by atoms with Gasteiger partial charge in [0, 0.05) is 34.8 Å². The number of H-pyrrole nitrogens is 2. The molecule has 2 aliphatic rings. The number of aromatic amines is 2. The van der Waals surface area contributed by atoms with E-state index in [2.05, 4.69) is 16.9 Å². The molecule has 1 unspecified atom stereocenters. The Morgan fingerprint density at radius 2 is 2.06 bits per heavy atom. The molecule has 6 nitrogen and oxygen atoms in total. The number of nitrogens with one attached hydrogen (secondary N) is 2. The van der Waals surface area contributed by atoms with Crippen LogP contribution in [0, 0.1) is 12.8 Å². The maximum atomic E-state index is 13.5. The molecular formula is C23H23Cl2N3O3. The van der Waals surface area contributed by atoms with Crippen molar-refractivity contribution >= 4 is 40.0 Å². The molecule has 2 aromatic heterocycles. The molecule has 0 aliphatic carbocycles. The van der Waals surface area contributed by atoms with Crippen LogP contribution in [-0.2, 0) is 17.7 Å². The van der Waals surface area contributed by atoms with Gasteiger partial charge >= 0.3 is 0 Å². The Morgan fingerprint density at radius 1 is 1.29 bits per heavy atom. The van der Waals surface area contributed by atoms with Crippen LogP contribution >= 0.6 is 23.2 Å². The molecule has 1 aromatic carbocycles. The molecule has 5 rings (SSSR count). The van der Waals surface area contributed by atoms with Crippen LogP contribution in [-0.4, -0.2) is 40.5 Å². The van der Waals surface area contributed by atoms with Crippen molar-refractivity contribution in [3.05, 3.63) is 66.7 Å². The largest absolute Gasteiger partial charge is 0.381 e. The molecule has 1 saturated heterocycles. The van der Waals surface area contributed by atoms with Crippen LogP contribution in [0.4, 0.5) is 0 Å². The summed E-state index contributed by atoms with van der Waals surface area (Å²) in [4.78, 5) is 33.9. The standard InChI is InChI=1S/C23H23Cl2N3O3/c1-11(13-9-31-10-13)16-7-18(24)15-4-6-28(23(30)19(15)20(16)25)8-17-21-14(3-5-26-21)12(2)27-22(17)29/h3,5,7,11,13,26H,4,6,8-10H2,1-2H3,(H,27,29). The van der Waals surface area contributed by atoms with Gasteiger partial charge in [-0.1, -0.05) is 30.1 Å². The van der Waals surface area contributed by atoms with Gasteiger partial charge in [0.2, 0.25) is 0 Å². The maximum Gasteiger partial charge on any atom is 0.256 e. The Hall–Kier alpha value is -2.28. The third-order valence-electron chi connectivity index (χ3n) is 6.72. The number of aromatic nitrogens is 2. The first kappa shape index (κ1) is 20.6. The zero-order valence-corrected chi connectivity index (χ0v) is 18.9. The Kier molecular flexibility index (Phi) is 5.12. The predicted molar refractivity (Wildman–Crippen MR) is 121 cm³/mol. The summed E-state index contributed by atoms with van der Waals surface area (Å²) in [6.07, 6.45) is 2.40. The summed E-state index contributed by atoms with van der Waals surface area (Å²) < 4.78 is 5.33. The second-order valence-electron chi connectivity index (χ2n) is 8.50. The van der Waals surface area contributed by atoms with E-state index in [0.29, 0.717) is 53.3 Å². The minimum atomic E-state index is -0.192. The fourth-order valence-electron chi connectivity index (χ4n) is 4.64. The number of amides is 1. The van der Waals surface area contributed by atoms with Crippen LogP contribution < -0.4 is 5.56 Å². The van der Waals surface area contributed by atoms with Gasteiger partial charge in [-0.25, -0.2) is 0 Å². The molecule has 162 valence electrons. The quantitative estimate of drug-likeness (QED) is 0.605. The Bertz CT molecular complexity index is 1260. The van der Waals surface area contributed by atoms with Crippen molar-refractivity contribution in [2.45, 2.75) is 32.7 Å². The molecule has 1 atom stereocenters. The minimum Gasteiger partial charge on any atom is -0.381 e. The summed E-state index contributed by atoms with van der Waals surface area (Å²) in [6, 6.07) is 3.83. The number of fused-ring (bicyclic) bond motifs is 2. The summed E-state index contributed by atoms with van der Waals surface area (Å²) in [5, 5.41) is 1.99. The van der Waals surface area contributed by atoms with Gasteiger partial charge in [0.15, 0.2) is 0 Å². The first-order valence-corrected chi connectivity index (χ1v) is 11.2. The molecule has 0 radical (unpaired) electrons. The Balaban J connectivity index is 1.53. The second-order valence-corrected chi connectivity index (χ2v) is 9.29. The topological polar surface area (TPSA) is 78.2 Å². The van der Waals surface area contributed by atoms with Gasteiger partial charge in [-0.2, -0.15) is 0 Å². The number of halogens is 2. The second kappa shape index (κ2) is 7.69. The van der Waals surface area contributed by atoms with Gasteiger partial charge in [-0.05, 0) is 42.5 Å².